The van der Waals surface area contributed by atoms with Gasteiger partial charge in [-0.25, -0.2) is 0 Å². The van der Waals surface area contributed by atoms with E-state index in [4.69, 9.17) is 0 Å². The lowest BCUT2D eigenvalue weighted by Gasteiger charge is -2.31. The second kappa shape index (κ2) is 4.73. The van der Waals surface area contributed by atoms with Gasteiger partial charge in [-0.05, 0) is 25.4 Å². The SMILES string of the molecule is CCNC1CNCCC1CC. The van der Waals surface area contributed by atoms with Crippen molar-refractivity contribution in [1.82, 2.24) is 10.6 Å². The van der Waals surface area contributed by atoms with Gasteiger partial charge in [-0.2, -0.15) is 0 Å². The second-order valence-electron chi connectivity index (χ2n) is 3.33. The molecule has 2 nitrogen and oxygen atoms in total. The average molecular weight is 156 g/mol. The van der Waals surface area contributed by atoms with E-state index in [1.54, 1.807) is 0 Å². The smallest absolute Gasteiger partial charge is 0.0220 e. The van der Waals surface area contributed by atoms with E-state index in [1.165, 1.54) is 19.4 Å². The van der Waals surface area contributed by atoms with Gasteiger partial charge in [-0.3, -0.25) is 0 Å². The van der Waals surface area contributed by atoms with Gasteiger partial charge in [0.1, 0.15) is 0 Å². The first kappa shape index (κ1) is 9.01. The molecule has 0 aromatic heterocycles. The van der Waals surface area contributed by atoms with Gasteiger partial charge in [0.2, 0.25) is 0 Å². The summed E-state index contributed by atoms with van der Waals surface area (Å²) >= 11 is 0. The Balaban J connectivity index is 2.31. The first-order valence-corrected chi connectivity index (χ1v) is 4.82. The standard InChI is InChI=1S/C9H20N2/c1-3-8-5-6-10-7-9(8)11-4-2/h8-11H,3-7H2,1-2H3. The molecule has 0 aromatic rings. The second-order valence-corrected chi connectivity index (χ2v) is 3.33. The Kier molecular flexibility index (Phi) is 3.87. The third-order valence-electron chi connectivity index (χ3n) is 2.62. The molecule has 1 heterocycles. The molecule has 0 saturated carbocycles. The molecule has 0 radical (unpaired) electrons. The summed E-state index contributed by atoms with van der Waals surface area (Å²) in [5.74, 6) is 0.899. The Morgan fingerprint density at radius 3 is 2.91 bits per heavy atom. The van der Waals surface area contributed by atoms with Crippen LogP contribution >= 0.6 is 0 Å². The number of likely N-dealkylation sites (N-methyl/N-ethyl adjacent to an activating group) is 1. The normalized spacial score (nSPS) is 32.2. The van der Waals surface area contributed by atoms with Crippen LogP contribution in [-0.4, -0.2) is 25.7 Å². The lowest BCUT2D eigenvalue weighted by atomic mass is 9.90. The zero-order chi connectivity index (χ0) is 8.10. The number of hydrogen-bond acceptors (Lipinski definition) is 2. The van der Waals surface area contributed by atoms with Gasteiger partial charge < -0.3 is 10.6 Å². The average Bonchev–Trinajstić information content (AvgIpc) is 2.06. The Hall–Kier alpha value is -0.0800. The molecule has 2 heteroatoms. The van der Waals surface area contributed by atoms with Crippen LogP contribution in [0.1, 0.15) is 26.7 Å². The molecule has 2 atom stereocenters. The highest BCUT2D eigenvalue weighted by molar-refractivity contribution is 4.82. The molecule has 0 aromatic carbocycles. The van der Waals surface area contributed by atoms with Gasteiger partial charge in [-0.15, -0.1) is 0 Å². The molecule has 0 spiro atoms. The topological polar surface area (TPSA) is 24.1 Å². The molecular formula is C9H20N2. The quantitative estimate of drug-likeness (QED) is 0.636. The molecular weight excluding hydrogens is 136 g/mol. The fourth-order valence-corrected chi connectivity index (χ4v) is 1.90. The molecule has 1 rings (SSSR count). The largest absolute Gasteiger partial charge is 0.315 e. The van der Waals surface area contributed by atoms with Crippen LogP contribution in [0.3, 0.4) is 0 Å². The van der Waals surface area contributed by atoms with E-state index in [1.807, 2.05) is 0 Å². The summed E-state index contributed by atoms with van der Waals surface area (Å²) in [5, 5.41) is 6.94. The third kappa shape index (κ3) is 2.46. The summed E-state index contributed by atoms with van der Waals surface area (Å²) in [4.78, 5) is 0. The summed E-state index contributed by atoms with van der Waals surface area (Å²) in [6, 6.07) is 0.721. The van der Waals surface area contributed by atoms with Crippen LogP contribution in [0.4, 0.5) is 0 Å². The highest BCUT2D eigenvalue weighted by atomic mass is 15.0. The van der Waals surface area contributed by atoms with E-state index in [2.05, 4.69) is 24.5 Å². The Labute approximate surface area is 69.8 Å². The summed E-state index contributed by atoms with van der Waals surface area (Å²) < 4.78 is 0. The molecule has 11 heavy (non-hydrogen) atoms. The highest BCUT2D eigenvalue weighted by Gasteiger charge is 2.21. The minimum Gasteiger partial charge on any atom is -0.315 e. The molecule has 66 valence electrons. The van der Waals surface area contributed by atoms with Gasteiger partial charge in [-0.1, -0.05) is 20.3 Å². The fraction of sp³-hybridized carbons (Fsp3) is 1.00. The van der Waals surface area contributed by atoms with Crippen molar-refractivity contribution in [2.45, 2.75) is 32.7 Å². The van der Waals surface area contributed by atoms with Gasteiger partial charge >= 0.3 is 0 Å². The van der Waals surface area contributed by atoms with Crippen molar-refractivity contribution in [2.24, 2.45) is 5.92 Å². The van der Waals surface area contributed by atoms with Crippen LogP contribution in [0.15, 0.2) is 0 Å². The Morgan fingerprint density at radius 1 is 1.45 bits per heavy atom. The van der Waals surface area contributed by atoms with Crippen LogP contribution in [-0.2, 0) is 0 Å². The van der Waals surface area contributed by atoms with E-state index in [-0.39, 0.29) is 0 Å². The monoisotopic (exact) mass is 156 g/mol. The molecule has 0 aliphatic carbocycles. The van der Waals surface area contributed by atoms with Crippen LogP contribution in [0.25, 0.3) is 0 Å². The molecule has 1 aliphatic heterocycles. The van der Waals surface area contributed by atoms with Crippen LogP contribution in [0.5, 0.6) is 0 Å². The molecule has 2 N–H and O–H groups in total. The number of hydrogen-bond donors (Lipinski definition) is 2. The summed E-state index contributed by atoms with van der Waals surface area (Å²) in [6.45, 7) is 7.94. The first-order valence-electron chi connectivity index (χ1n) is 4.82. The third-order valence-corrected chi connectivity index (χ3v) is 2.62. The van der Waals surface area contributed by atoms with Crippen LogP contribution in [0.2, 0.25) is 0 Å². The van der Waals surface area contributed by atoms with E-state index in [0.717, 1.165) is 25.0 Å². The summed E-state index contributed by atoms with van der Waals surface area (Å²) in [5.41, 5.74) is 0. The van der Waals surface area contributed by atoms with E-state index < -0.39 is 0 Å². The van der Waals surface area contributed by atoms with Gasteiger partial charge in [0.05, 0.1) is 0 Å². The number of nitrogens with one attached hydrogen (secondary N) is 2. The summed E-state index contributed by atoms with van der Waals surface area (Å²) in [6.07, 6.45) is 2.66. The first-order chi connectivity index (χ1) is 5.38. The lowest BCUT2D eigenvalue weighted by Crippen LogP contribution is -2.48. The molecule has 1 fully saturated rings. The van der Waals surface area contributed by atoms with Crippen molar-refractivity contribution in [3.05, 3.63) is 0 Å². The van der Waals surface area contributed by atoms with Crippen molar-refractivity contribution in [3.8, 4) is 0 Å². The van der Waals surface area contributed by atoms with Crippen LogP contribution < -0.4 is 10.6 Å². The van der Waals surface area contributed by atoms with E-state index >= 15 is 0 Å². The number of rotatable bonds is 3. The molecule has 0 bridgehead atoms. The number of piperidine rings is 1. The zero-order valence-electron chi connectivity index (χ0n) is 7.69. The molecule has 0 amide bonds. The Morgan fingerprint density at radius 2 is 2.27 bits per heavy atom. The highest BCUT2D eigenvalue weighted by Crippen LogP contribution is 2.15. The minimum absolute atomic E-state index is 0.721. The lowest BCUT2D eigenvalue weighted by molar-refractivity contribution is 0.274. The maximum Gasteiger partial charge on any atom is 0.0220 e. The predicted octanol–water partition coefficient (Wildman–Crippen LogP) is 0.984. The molecule has 2 unspecified atom stereocenters. The maximum atomic E-state index is 3.52. The van der Waals surface area contributed by atoms with Gasteiger partial charge in [0, 0.05) is 12.6 Å². The molecule has 1 saturated heterocycles. The van der Waals surface area contributed by atoms with E-state index in [0.29, 0.717) is 0 Å². The fourth-order valence-electron chi connectivity index (χ4n) is 1.90. The van der Waals surface area contributed by atoms with E-state index in [9.17, 15) is 0 Å². The van der Waals surface area contributed by atoms with Crippen LogP contribution in [0, 0.1) is 5.92 Å². The maximum absolute atomic E-state index is 3.52. The van der Waals surface area contributed by atoms with Gasteiger partial charge in [0.25, 0.3) is 0 Å². The zero-order valence-corrected chi connectivity index (χ0v) is 7.69. The predicted molar refractivity (Wildman–Crippen MR) is 48.7 cm³/mol. The van der Waals surface area contributed by atoms with Crippen molar-refractivity contribution < 1.29 is 0 Å². The van der Waals surface area contributed by atoms with Gasteiger partial charge in [0.15, 0.2) is 0 Å². The van der Waals surface area contributed by atoms with Crippen molar-refractivity contribution in [3.63, 3.8) is 0 Å². The van der Waals surface area contributed by atoms with Crippen molar-refractivity contribution in [1.29, 1.82) is 0 Å². The Bertz CT molecular complexity index is 102. The molecule has 1 aliphatic rings. The summed E-state index contributed by atoms with van der Waals surface area (Å²) in [7, 11) is 0. The van der Waals surface area contributed by atoms with Crippen molar-refractivity contribution in [2.75, 3.05) is 19.6 Å². The van der Waals surface area contributed by atoms with Crippen molar-refractivity contribution >= 4 is 0 Å². The minimum atomic E-state index is 0.721.